The van der Waals surface area contributed by atoms with Crippen LogP contribution in [0.15, 0.2) is 35.6 Å². The number of nitrogens with zero attached hydrogens (tertiary/aromatic N) is 3. The van der Waals surface area contributed by atoms with E-state index < -0.39 is 10.8 Å². The first-order valence-electron chi connectivity index (χ1n) is 9.48. The van der Waals surface area contributed by atoms with Crippen LogP contribution in [0.1, 0.15) is 38.2 Å². The number of H-pyrrole nitrogens is 1. The highest BCUT2D eigenvalue weighted by molar-refractivity contribution is 14.0. The summed E-state index contributed by atoms with van der Waals surface area (Å²) in [6.07, 6.45) is 5.74. The molecule has 3 N–H and O–H groups in total. The first kappa shape index (κ1) is 22.8. The first-order chi connectivity index (χ1) is 13.2. The van der Waals surface area contributed by atoms with Gasteiger partial charge in [0, 0.05) is 47.0 Å². The number of benzene rings is 1. The maximum Gasteiger partial charge on any atom is 0.191 e. The van der Waals surface area contributed by atoms with Crippen molar-refractivity contribution < 1.29 is 4.21 Å². The van der Waals surface area contributed by atoms with Gasteiger partial charge in [-0.25, -0.2) is 4.98 Å². The Bertz CT molecular complexity index is 782. The fourth-order valence-corrected chi connectivity index (χ4v) is 4.85. The van der Waals surface area contributed by atoms with E-state index in [2.05, 4.69) is 42.9 Å². The molecular weight excluding hydrogens is 487 g/mol. The average molecular weight is 516 g/mol. The van der Waals surface area contributed by atoms with Gasteiger partial charge < -0.3 is 10.6 Å². The summed E-state index contributed by atoms with van der Waals surface area (Å²) in [7, 11) is 1.07. The third-order valence-electron chi connectivity index (χ3n) is 4.92. The van der Waals surface area contributed by atoms with Crippen molar-refractivity contribution in [3.05, 3.63) is 36.2 Å². The quantitative estimate of drug-likeness (QED) is 0.312. The number of guanidine groups is 1. The molecule has 1 fully saturated rings. The lowest BCUT2D eigenvalue weighted by atomic mass is 9.95. The van der Waals surface area contributed by atoms with Gasteiger partial charge in [-0.3, -0.25) is 14.3 Å². The molecule has 0 radical (unpaired) electrons. The molecule has 7 nitrogen and oxygen atoms in total. The van der Waals surface area contributed by atoms with E-state index in [0.29, 0.717) is 17.8 Å². The molecule has 1 heterocycles. The number of rotatable bonds is 6. The summed E-state index contributed by atoms with van der Waals surface area (Å²) < 4.78 is 12.1. The maximum atomic E-state index is 12.1. The van der Waals surface area contributed by atoms with Gasteiger partial charge in [0.15, 0.2) is 11.8 Å². The minimum absolute atomic E-state index is 0. The van der Waals surface area contributed by atoms with Crippen LogP contribution in [0.25, 0.3) is 11.4 Å². The molecule has 0 saturated heterocycles. The van der Waals surface area contributed by atoms with Crippen molar-refractivity contribution in [1.29, 1.82) is 0 Å². The molecule has 1 aliphatic rings. The van der Waals surface area contributed by atoms with Gasteiger partial charge >= 0.3 is 0 Å². The van der Waals surface area contributed by atoms with Gasteiger partial charge in [0.25, 0.3) is 0 Å². The Balaban J connectivity index is 0.00000280. The fourth-order valence-electron chi connectivity index (χ4n) is 3.50. The second kappa shape index (κ2) is 11.5. The SMILES string of the molecule is CCS(=O)C1CCCC(NC(=NC)NCc2cccc(-c3ncn[nH]3)c2)C1.I. The number of halogens is 1. The van der Waals surface area contributed by atoms with Crippen LogP contribution in [0, 0.1) is 0 Å². The third kappa shape index (κ3) is 6.26. The minimum Gasteiger partial charge on any atom is -0.354 e. The molecule has 1 saturated carbocycles. The molecule has 3 atom stereocenters. The molecule has 0 bridgehead atoms. The molecule has 0 spiro atoms. The molecule has 28 heavy (non-hydrogen) atoms. The van der Waals surface area contributed by atoms with Crippen LogP contribution in [0.4, 0.5) is 0 Å². The van der Waals surface area contributed by atoms with E-state index in [9.17, 15) is 4.21 Å². The number of aliphatic imine (C=N–C) groups is 1. The van der Waals surface area contributed by atoms with Crippen molar-refractivity contribution in [2.24, 2.45) is 4.99 Å². The number of aromatic nitrogens is 3. The molecule has 3 rings (SSSR count). The zero-order chi connectivity index (χ0) is 19.1. The van der Waals surface area contributed by atoms with Gasteiger partial charge in [-0.05, 0) is 30.9 Å². The van der Waals surface area contributed by atoms with E-state index in [4.69, 9.17) is 0 Å². The van der Waals surface area contributed by atoms with E-state index in [-0.39, 0.29) is 24.0 Å². The van der Waals surface area contributed by atoms with Gasteiger partial charge in [-0.1, -0.05) is 31.5 Å². The first-order valence-corrected chi connectivity index (χ1v) is 10.9. The molecule has 1 aliphatic carbocycles. The second-order valence-electron chi connectivity index (χ2n) is 6.76. The lowest BCUT2D eigenvalue weighted by molar-refractivity contribution is 0.413. The number of hydrogen-bond donors (Lipinski definition) is 3. The van der Waals surface area contributed by atoms with Gasteiger partial charge in [-0.2, -0.15) is 5.10 Å². The predicted octanol–water partition coefficient (Wildman–Crippen LogP) is 2.83. The second-order valence-corrected chi connectivity index (χ2v) is 8.77. The molecule has 154 valence electrons. The molecule has 1 aromatic carbocycles. The Morgan fingerprint density at radius 3 is 2.96 bits per heavy atom. The zero-order valence-corrected chi connectivity index (χ0v) is 19.5. The van der Waals surface area contributed by atoms with Gasteiger partial charge in [0.2, 0.25) is 0 Å². The van der Waals surface area contributed by atoms with Crippen LogP contribution in [0.2, 0.25) is 0 Å². The Morgan fingerprint density at radius 2 is 2.25 bits per heavy atom. The summed E-state index contributed by atoms with van der Waals surface area (Å²) in [4.78, 5) is 8.55. The van der Waals surface area contributed by atoms with E-state index in [1.807, 2.05) is 19.1 Å². The third-order valence-corrected chi connectivity index (χ3v) is 6.66. The summed E-state index contributed by atoms with van der Waals surface area (Å²) in [5.41, 5.74) is 2.15. The molecule has 0 aliphatic heterocycles. The largest absolute Gasteiger partial charge is 0.354 e. The van der Waals surface area contributed by atoms with Gasteiger partial charge in [-0.15, -0.1) is 24.0 Å². The predicted molar refractivity (Wildman–Crippen MR) is 125 cm³/mol. The highest BCUT2D eigenvalue weighted by Gasteiger charge is 2.26. The van der Waals surface area contributed by atoms with Crippen molar-refractivity contribution >= 4 is 40.7 Å². The maximum absolute atomic E-state index is 12.1. The van der Waals surface area contributed by atoms with Gasteiger partial charge in [0.05, 0.1) is 0 Å². The summed E-state index contributed by atoms with van der Waals surface area (Å²) in [6.45, 7) is 2.67. The smallest absolute Gasteiger partial charge is 0.191 e. The fraction of sp³-hybridized carbons (Fsp3) is 0.526. The minimum atomic E-state index is -0.716. The Labute approximate surface area is 186 Å². The average Bonchev–Trinajstić information content (AvgIpc) is 3.26. The number of nitrogens with one attached hydrogen (secondary N) is 3. The molecule has 9 heteroatoms. The Kier molecular flexibility index (Phi) is 9.36. The summed E-state index contributed by atoms with van der Waals surface area (Å²) in [5, 5.41) is 14.0. The van der Waals surface area contributed by atoms with Crippen molar-refractivity contribution in [3.63, 3.8) is 0 Å². The van der Waals surface area contributed by atoms with Crippen molar-refractivity contribution in [2.45, 2.75) is 50.4 Å². The molecular formula is C19H29IN6OS. The van der Waals surface area contributed by atoms with Crippen molar-refractivity contribution in [2.75, 3.05) is 12.8 Å². The lowest BCUT2D eigenvalue weighted by Gasteiger charge is -2.30. The van der Waals surface area contributed by atoms with E-state index >= 15 is 0 Å². The highest BCUT2D eigenvalue weighted by atomic mass is 127. The standard InChI is InChI=1S/C19H28N6OS.HI/c1-3-27(26)17-9-5-8-16(11-17)24-19(20-2)21-12-14-6-4-7-15(10-14)18-22-13-23-25-18;/h4,6-7,10,13,16-17H,3,5,8-9,11-12H2,1-2H3,(H2,20,21,24)(H,22,23,25);1H. The number of aromatic amines is 1. The topological polar surface area (TPSA) is 95.1 Å². The van der Waals surface area contributed by atoms with Crippen LogP contribution >= 0.6 is 24.0 Å². The summed E-state index contributed by atoms with van der Waals surface area (Å²) >= 11 is 0. The Morgan fingerprint density at radius 1 is 1.39 bits per heavy atom. The normalized spacial score (nSPS) is 20.9. The zero-order valence-electron chi connectivity index (χ0n) is 16.4. The highest BCUT2D eigenvalue weighted by Crippen LogP contribution is 2.23. The van der Waals surface area contributed by atoms with E-state index in [1.165, 1.54) is 6.33 Å². The van der Waals surface area contributed by atoms with Crippen LogP contribution < -0.4 is 10.6 Å². The molecule has 0 amide bonds. The van der Waals surface area contributed by atoms with Crippen molar-refractivity contribution in [1.82, 2.24) is 25.8 Å². The summed E-state index contributed by atoms with van der Waals surface area (Å²) in [6, 6.07) is 8.50. The van der Waals surface area contributed by atoms with E-state index in [1.54, 1.807) is 7.05 Å². The van der Waals surface area contributed by atoms with Crippen LogP contribution in [-0.4, -0.2) is 49.4 Å². The van der Waals surface area contributed by atoms with Gasteiger partial charge in [0.1, 0.15) is 6.33 Å². The van der Waals surface area contributed by atoms with Crippen molar-refractivity contribution in [3.8, 4) is 11.4 Å². The molecule has 1 aromatic heterocycles. The monoisotopic (exact) mass is 516 g/mol. The van der Waals surface area contributed by atoms with Crippen LogP contribution in [-0.2, 0) is 17.3 Å². The van der Waals surface area contributed by atoms with E-state index in [0.717, 1.165) is 54.3 Å². The molecule has 3 unspecified atom stereocenters. The van der Waals surface area contributed by atoms with Crippen LogP contribution in [0.5, 0.6) is 0 Å². The Hall–Kier alpha value is -1.49. The molecule has 2 aromatic rings. The summed E-state index contributed by atoms with van der Waals surface area (Å²) in [5.74, 6) is 2.29. The number of hydrogen-bond acceptors (Lipinski definition) is 4. The van der Waals surface area contributed by atoms with Crippen LogP contribution in [0.3, 0.4) is 0 Å². The lowest BCUT2D eigenvalue weighted by Crippen LogP contribution is -2.46.